The van der Waals surface area contributed by atoms with Crippen molar-refractivity contribution in [2.75, 3.05) is 19.1 Å². The Balaban J connectivity index is 2.00. The highest BCUT2D eigenvalue weighted by Crippen LogP contribution is 2.45. The van der Waals surface area contributed by atoms with E-state index in [1.165, 1.54) is 26.4 Å². The van der Waals surface area contributed by atoms with E-state index in [9.17, 15) is 27.9 Å². The van der Waals surface area contributed by atoms with E-state index in [0.717, 1.165) is 23.1 Å². The lowest BCUT2D eigenvalue weighted by atomic mass is 9.94. The Hall–Kier alpha value is -3.98. The van der Waals surface area contributed by atoms with E-state index in [0.29, 0.717) is 16.9 Å². The number of hydrogen-bond donors (Lipinski definition) is 1. The normalized spacial score (nSPS) is 17.3. The summed E-state index contributed by atoms with van der Waals surface area (Å²) in [6.07, 6.45) is -4.68. The van der Waals surface area contributed by atoms with Crippen molar-refractivity contribution in [1.82, 2.24) is 0 Å². The van der Waals surface area contributed by atoms with Gasteiger partial charge in [-0.15, -0.1) is 0 Å². The van der Waals surface area contributed by atoms with Crippen molar-refractivity contribution in [2.24, 2.45) is 0 Å². The molecule has 0 aliphatic carbocycles. The summed E-state index contributed by atoms with van der Waals surface area (Å²) >= 11 is 6.28. The largest absolute Gasteiger partial charge is 0.507 e. The third-order valence-corrected chi connectivity index (χ3v) is 6.26. The average molecular weight is 532 g/mol. The average Bonchev–Trinajstić information content (AvgIpc) is 3.13. The number of benzene rings is 3. The van der Waals surface area contributed by atoms with Crippen LogP contribution in [-0.4, -0.2) is 31.0 Å². The first-order valence-electron chi connectivity index (χ1n) is 10.9. The summed E-state index contributed by atoms with van der Waals surface area (Å²) in [5.74, 6) is -2.19. The van der Waals surface area contributed by atoms with Gasteiger partial charge in [-0.05, 0) is 60.5 Å². The van der Waals surface area contributed by atoms with Gasteiger partial charge >= 0.3 is 6.18 Å². The first kappa shape index (κ1) is 26.1. The number of amides is 1. The number of carbonyl (C=O) groups is 2. The molecule has 1 atom stereocenters. The molecule has 1 heterocycles. The minimum absolute atomic E-state index is 0.0630. The Morgan fingerprint density at radius 1 is 1.00 bits per heavy atom. The number of aliphatic hydroxyl groups is 1. The fourth-order valence-electron chi connectivity index (χ4n) is 4.29. The van der Waals surface area contributed by atoms with Crippen LogP contribution in [0.4, 0.5) is 18.9 Å². The fourth-order valence-corrected chi connectivity index (χ4v) is 4.64. The van der Waals surface area contributed by atoms with Gasteiger partial charge in [0.2, 0.25) is 0 Å². The molecule has 0 bridgehead atoms. The standard InChI is InChI=1S/C27H21ClF3NO5/c1-14-11-19(25(37-3)20(28)12-14)23(33)21-22(15-7-9-18(36-2)10-8-15)32(26(35)24(21)34)17-6-4-5-16(13-17)27(29,30)31/h4-13,22,33H,1-3H3/b23-21+. The molecule has 1 fully saturated rings. The summed E-state index contributed by atoms with van der Waals surface area (Å²) < 4.78 is 50.9. The van der Waals surface area contributed by atoms with E-state index in [1.807, 2.05) is 0 Å². The van der Waals surface area contributed by atoms with E-state index in [4.69, 9.17) is 21.1 Å². The first-order valence-corrected chi connectivity index (χ1v) is 11.3. The summed E-state index contributed by atoms with van der Waals surface area (Å²) in [4.78, 5) is 27.5. The number of ether oxygens (including phenoxy) is 2. The van der Waals surface area contributed by atoms with Gasteiger partial charge in [0.05, 0.1) is 42.0 Å². The minimum Gasteiger partial charge on any atom is -0.507 e. The minimum atomic E-state index is -4.68. The molecule has 1 unspecified atom stereocenters. The predicted octanol–water partition coefficient (Wildman–Crippen LogP) is 6.31. The quantitative estimate of drug-likeness (QED) is 0.237. The molecule has 0 radical (unpaired) electrons. The second kappa shape index (κ2) is 9.82. The van der Waals surface area contributed by atoms with E-state index in [2.05, 4.69) is 0 Å². The molecule has 3 aromatic carbocycles. The molecule has 1 saturated heterocycles. The second-order valence-electron chi connectivity index (χ2n) is 8.32. The van der Waals surface area contributed by atoms with Crippen LogP contribution < -0.4 is 14.4 Å². The molecule has 192 valence electrons. The third-order valence-electron chi connectivity index (χ3n) is 5.97. The maximum Gasteiger partial charge on any atom is 0.416 e. The summed E-state index contributed by atoms with van der Waals surface area (Å²) in [7, 11) is 2.78. The number of alkyl halides is 3. The van der Waals surface area contributed by atoms with Crippen LogP contribution in [0.5, 0.6) is 11.5 Å². The van der Waals surface area contributed by atoms with Crippen molar-refractivity contribution < 1.29 is 37.3 Å². The summed E-state index contributed by atoms with van der Waals surface area (Å²) in [6, 6.07) is 12.2. The molecule has 0 aromatic heterocycles. The number of hydrogen-bond acceptors (Lipinski definition) is 5. The zero-order chi connectivity index (χ0) is 27.1. The van der Waals surface area contributed by atoms with Gasteiger partial charge in [0, 0.05) is 5.69 Å². The number of halogens is 4. The summed E-state index contributed by atoms with van der Waals surface area (Å²) in [6.45, 7) is 1.71. The van der Waals surface area contributed by atoms with Gasteiger partial charge in [-0.25, -0.2) is 0 Å². The lowest BCUT2D eigenvalue weighted by Gasteiger charge is -2.26. The SMILES string of the molecule is COc1ccc(C2/C(=C(\O)c3cc(C)cc(Cl)c3OC)C(=O)C(=O)N2c2cccc(C(F)(F)F)c2)cc1. The topological polar surface area (TPSA) is 76.1 Å². The maximum absolute atomic E-state index is 13.5. The fraction of sp³-hybridized carbons (Fsp3) is 0.185. The molecule has 1 aliphatic heterocycles. The molecule has 37 heavy (non-hydrogen) atoms. The van der Waals surface area contributed by atoms with Crippen molar-refractivity contribution in [1.29, 1.82) is 0 Å². The number of aryl methyl sites for hydroxylation is 1. The number of nitrogens with zero attached hydrogens (tertiary/aromatic N) is 1. The number of methoxy groups -OCH3 is 2. The van der Waals surface area contributed by atoms with Crippen molar-refractivity contribution in [3.8, 4) is 11.5 Å². The molecular weight excluding hydrogens is 511 g/mol. The highest BCUT2D eigenvalue weighted by atomic mass is 35.5. The molecule has 3 aromatic rings. The van der Waals surface area contributed by atoms with Crippen molar-refractivity contribution in [3.05, 3.63) is 93.5 Å². The highest BCUT2D eigenvalue weighted by Gasteiger charge is 2.47. The van der Waals surface area contributed by atoms with Crippen LogP contribution in [0.15, 0.2) is 66.2 Å². The summed E-state index contributed by atoms with van der Waals surface area (Å²) in [5.41, 5.74) is -0.420. The van der Waals surface area contributed by atoms with Crippen LogP contribution in [0.2, 0.25) is 5.02 Å². The van der Waals surface area contributed by atoms with Gasteiger partial charge in [0.1, 0.15) is 17.3 Å². The lowest BCUT2D eigenvalue weighted by molar-refractivity contribution is -0.137. The van der Waals surface area contributed by atoms with Crippen molar-refractivity contribution in [2.45, 2.75) is 19.1 Å². The van der Waals surface area contributed by atoms with E-state index in [1.54, 1.807) is 37.3 Å². The van der Waals surface area contributed by atoms with E-state index in [-0.39, 0.29) is 27.6 Å². The van der Waals surface area contributed by atoms with Crippen molar-refractivity contribution in [3.63, 3.8) is 0 Å². The van der Waals surface area contributed by atoms with Crippen LogP contribution in [0, 0.1) is 6.92 Å². The lowest BCUT2D eigenvalue weighted by Crippen LogP contribution is -2.29. The molecule has 4 rings (SSSR count). The van der Waals surface area contributed by atoms with Gasteiger partial charge in [-0.1, -0.05) is 29.8 Å². The number of rotatable bonds is 5. The van der Waals surface area contributed by atoms with Crippen LogP contribution in [0.3, 0.4) is 0 Å². The molecule has 1 aliphatic rings. The van der Waals surface area contributed by atoms with Gasteiger partial charge in [-0.3, -0.25) is 14.5 Å². The Labute approximate surface area is 215 Å². The number of ketones is 1. The van der Waals surface area contributed by atoms with Gasteiger partial charge < -0.3 is 14.6 Å². The number of anilines is 1. The maximum atomic E-state index is 13.5. The molecule has 0 saturated carbocycles. The predicted molar refractivity (Wildman–Crippen MR) is 132 cm³/mol. The number of aliphatic hydroxyl groups excluding tert-OH is 1. The van der Waals surface area contributed by atoms with Crippen LogP contribution in [0.1, 0.15) is 28.3 Å². The molecule has 10 heteroatoms. The molecule has 1 amide bonds. The smallest absolute Gasteiger partial charge is 0.416 e. The number of carbonyl (C=O) groups excluding carboxylic acids is 2. The zero-order valence-corrected chi connectivity index (χ0v) is 20.6. The number of Topliss-reactive ketones (excluding diaryl/α,β-unsaturated/α-hetero) is 1. The van der Waals surface area contributed by atoms with Gasteiger partial charge in [0.25, 0.3) is 11.7 Å². The second-order valence-corrected chi connectivity index (χ2v) is 8.73. The Morgan fingerprint density at radius 3 is 2.27 bits per heavy atom. The van der Waals surface area contributed by atoms with E-state index >= 15 is 0 Å². The third kappa shape index (κ3) is 4.74. The zero-order valence-electron chi connectivity index (χ0n) is 19.9. The molecule has 0 spiro atoms. The Morgan fingerprint density at radius 2 is 1.68 bits per heavy atom. The Kier molecular flexibility index (Phi) is 6.92. The monoisotopic (exact) mass is 531 g/mol. The van der Waals surface area contributed by atoms with E-state index < -0.39 is 35.2 Å². The van der Waals surface area contributed by atoms with Crippen molar-refractivity contribution >= 4 is 34.7 Å². The van der Waals surface area contributed by atoms with Crippen LogP contribution >= 0.6 is 11.6 Å². The first-order chi connectivity index (χ1) is 17.5. The van der Waals surface area contributed by atoms with Gasteiger partial charge in [0.15, 0.2) is 0 Å². The molecule has 1 N–H and O–H groups in total. The van der Waals surface area contributed by atoms with Crippen LogP contribution in [-0.2, 0) is 15.8 Å². The summed E-state index contributed by atoms with van der Waals surface area (Å²) in [5, 5.41) is 11.6. The van der Waals surface area contributed by atoms with Crippen LogP contribution in [0.25, 0.3) is 5.76 Å². The molecule has 6 nitrogen and oxygen atoms in total. The molecular formula is C27H21ClF3NO5. The highest BCUT2D eigenvalue weighted by molar-refractivity contribution is 6.51. The Bertz CT molecular complexity index is 1420. The van der Waals surface area contributed by atoms with Gasteiger partial charge in [-0.2, -0.15) is 13.2 Å².